The van der Waals surface area contributed by atoms with Gasteiger partial charge >= 0.3 is 5.97 Å². The van der Waals surface area contributed by atoms with Gasteiger partial charge in [0.1, 0.15) is 4.88 Å². The van der Waals surface area contributed by atoms with Gasteiger partial charge in [0, 0.05) is 15.1 Å². The highest BCUT2D eigenvalue weighted by Crippen LogP contribution is 2.36. The van der Waals surface area contributed by atoms with Gasteiger partial charge in [0.25, 0.3) is 5.91 Å². The fourth-order valence-electron chi connectivity index (χ4n) is 1.59. The van der Waals surface area contributed by atoms with Gasteiger partial charge in [0.05, 0.1) is 11.6 Å². The van der Waals surface area contributed by atoms with E-state index in [9.17, 15) is 9.59 Å². The second-order valence-electron chi connectivity index (χ2n) is 3.93. The Morgan fingerprint density at radius 3 is 2.65 bits per heavy atom. The predicted molar refractivity (Wildman–Crippen MR) is 77.8 cm³/mol. The fraction of sp³-hybridized carbons (Fsp3) is 0.167. The number of rotatable bonds is 4. The van der Waals surface area contributed by atoms with Crippen molar-refractivity contribution in [3.63, 3.8) is 0 Å². The summed E-state index contributed by atoms with van der Waals surface area (Å²) < 4.78 is 0.725. The number of nitrogens with one attached hydrogen (secondary N) is 1. The van der Waals surface area contributed by atoms with Crippen LogP contribution in [0.2, 0.25) is 10.0 Å². The van der Waals surface area contributed by atoms with Gasteiger partial charge in [-0.2, -0.15) is 0 Å². The maximum absolute atomic E-state index is 12.0. The third-order valence-corrected chi connectivity index (χ3v) is 4.47. The third-order valence-electron chi connectivity index (χ3n) is 2.58. The van der Waals surface area contributed by atoms with E-state index >= 15 is 0 Å². The molecule has 5 nitrogen and oxygen atoms in total. The number of fused-ring (bicyclic) bond motifs is 1. The molecule has 0 aliphatic heterocycles. The molecule has 2 aromatic rings. The van der Waals surface area contributed by atoms with Gasteiger partial charge in [0.15, 0.2) is 6.04 Å². The number of aliphatic carboxylic acids is 1. The van der Waals surface area contributed by atoms with Crippen LogP contribution in [-0.4, -0.2) is 34.7 Å². The SMILES string of the molecule is O=C(N[C@@H](CO)C(=O)O)c1sc2cc(Cl)ccc2c1Cl. The lowest BCUT2D eigenvalue weighted by atomic mass is 10.2. The topological polar surface area (TPSA) is 86.6 Å². The summed E-state index contributed by atoms with van der Waals surface area (Å²) in [7, 11) is 0. The Hall–Kier alpha value is -1.34. The van der Waals surface area contributed by atoms with E-state index in [-0.39, 0.29) is 9.90 Å². The molecule has 0 spiro atoms. The predicted octanol–water partition coefficient (Wildman–Crippen LogP) is 2.38. The molecule has 1 aromatic carbocycles. The number of aliphatic hydroxyl groups excluding tert-OH is 1. The van der Waals surface area contributed by atoms with Crippen molar-refractivity contribution in [2.45, 2.75) is 6.04 Å². The molecule has 0 aliphatic rings. The Bertz CT molecular complexity index is 685. The van der Waals surface area contributed by atoms with Crippen LogP contribution in [0.3, 0.4) is 0 Å². The van der Waals surface area contributed by atoms with Crippen LogP contribution in [0.1, 0.15) is 9.67 Å². The van der Waals surface area contributed by atoms with Crippen LogP contribution < -0.4 is 5.32 Å². The number of benzene rings is 1. The van der Waals surface area contributed by atoms with Gasteiger partial charge in [-0.3, -0.25) is 4.79 Å². The highest BCUT2D eigenvalue weighted by atomic mass is 35.5. The van der Waals surface area contributed by atoms with Crippen molar-refractivity contribution in [2.75, 3.05) is 6.61 Å². The summed E-state index contributed by atoms with van der Waals surface area (Å²) in [5.74, 6) is -1.96. The molecule has 0 radical (unpaired) electrons. The molecule has 0 aliphatic carbocycles. The van der Waals surface area contributed by atoms with Crippen molar-refractivity contribution in [1.82, 2.24) is 5.32 Å². The minimum Gasteiger partial charge on any atom is -0.480 e. The van der Waals surface area contributed by atoms with E-state index in [1.54, 1.807) is 18.2 Å². The van der Waals surface area contributed by atoms with Gasteiger partial charge in [-0.1, -0.05) is 29.3 Å². The number of carboxylic acids is 1. The zero-order chi connectivity index (χ0) is 14.9. The van der Waals surface area contributed by atoms with Gasteiger partial charge in [0.2, 0.25) is 0 Å². The van der Waals surface area contributed by atoms with Crippen molar-refractivity contribution in [3.8, 4) is 0 Å². The van der Waals surface area contributed by atoms with Gasteiger partial charge in [-0.05, 0) is 12.1 Å². The van der Waals surface area contributed by atoms with E-state index < -0.39 is 24.5 Å². The summed E-state index contributed by atoms with van der Waals surface area (Å²) in [6.07, 6.45) is 0. The molecule has 1 atom stereocenters. The number of amides is 1. The average molecular weight is 334 g/mol. The second kappa shape index (κ2) is 5.97. The van der Waals surface area contributed by atoms with E-state index in [2.05, 4.69) is 5.32 Å². The first-order valence-corrected chi connectivity index (χ1v) is 7.03. The number of carbonyl (C=O) groups excluding carboxylic acids is 1. The fourth-order valence-corrected chi connectivity index (χ4v) is 3.29. The summed E-state index contributed by atoms with van der Waals surface area (Å²) in [4.78, 5) is 23.0. The van der Waals surface area contributed by atoms with Crippen molar-refractivity contribution >= 4 is 56.5 Å². The molecule has 1 heterocycles. The molecule has 0 bridgehead atoms. The Morgan fingerprint density at radius 2 is 2.05 bits per heavy atom. The van der Waals surface area contributed by atoms with E-state index in [0.717, 1.165) is 16.0 Å². The number of halogens is 2. The first-order chi connectivity index (χ1) is 9.43. The Labute approximate surface area is 127 Å². The standard InChI is InChI=1S/C12H9Cl2NO4S/c13-5-1-2-6-8(3-5)20-10(9(6)14)11(17)15-7(4-16)12(18)19/h1-3,7,16H,4H2,(H,15,17)(H,18,19)/t7-/m0/s1. The Kier molecular flexibility index (Phi) is 4.49. The van der Waals surface area contributed by atoms with E-state index in [1.165, 1.54) is 0 Å². The van der Waals surface area contributed by atoms with Crippen molar-refractivity contribution in [3.05, 3.63) is 33.1 Å². The van der Waals surface area contributed by atoms with E-state index in [1.807, 2.05) is 0 Å². The number of aliphatic hydroxyl groups is 1. The summed E-state index contributed by atoms with van der Waals surface area (Å²) in [6.45, 7) is -0.699. The number of hydrogen-bond acceptors (Lipinski definition) is 4. The van der Waals surface area contributed by atoms with Crippen LogP contribution >= 0.6 is 34.5 Å². The lowest BCUT2D eigenvalue weighted by Gasteiger charge is -2.10. The second-order valence-corrected chi connectivity index (χ2v) is 5.80. The minimum absolute atomic E-state index is 0.184. The summed E-state index contributed by atoms with van der Waals surface area (Å²) >= 11 is 13.1. The molecular formula is C12H9Cl2NO4S. The molecule has 106 valence electrons. The van der Waals surface area contributed by atoms with Crippen molar-refractivity contribution in [2.24, 2.45) is 0 Å². The zero-order valence-corrected chi connectivity index (χ0v) is 12.2. The number of thiophene rings is 1. The molecule has 0 saturated heterocycles. The van der Waals surface area contributed by atoms with Crippen LogP contribution in [0, 0.1) is 0 Å². The third kappa shape index (κ3) is 2.88. The van der Waals surface area contributed by atoms with Gasteiger partial charge < -0.3 is 15.5 Å². The van der Waals surface area contributed by atoms with Gasteiger partial charge in [-0.25, -0.2) is 4.79 Å². The smallest absolute Gasteiger partial charge is 0.328 e. The van der Waals surface area contributed by atoms with Crippen LogP contribution in [0.4, 0.5) is 0 Å². The summed E-state index contributed by atoms with van der Waals surface area (Å²) in [6, 6.07) is 3.64. The Morgan fingerprint density at radius 1 is 1.35 bits per heavy atom. The number of hydrogen-bond donors (Lipinski definition) is 3. The summed E-state index contributed by atoms with van der Waals surface area (Å²) in [5, 5.41) is 21.3. The molecule has 0 fully saturated rings. The molecule has 0 unspecified atom stereocenters. The molecule has 1 amide bonds. The molecular weight excluding hydrogens is 325 g/mol. The normalized spacial score (nSPS) is 12.3. The van der Waals surface area contributed by atoms with E-state index in [0.29, 0.717) is 10.4 Å². The maximum atomic E-state index is 12.0. The van der Waals surface area contributed by atoms with Crippen LogP contribution in [0.5, 0.6) is 0 Å². The van der Waals surface area contributed by atoms with Gasteiger partial charge in [-0.15, -0.1) is 11.3 Å². The highest BCUT2D eigenvalue weighted by Gasteiger charge is 2.23. The number of carboxylic acid groups (broad SMARTS) is 1. The monoisotopic (exact) mass is 333 g/mol. The quantitative estimate of drug-likeness (QED) is 0.801. The van der Waals surface area contributed by atoms with Crippen LogP contribution in [0.15, 0.2) is 18.2 Å². The minimum atomic E-state index is -1.37. The molecule has 0 saturated carbocycles. The van der Waals surface area contributed by atoms with Crippen LogP contribution in [-0.2, 0) is 4.79 Å². The van der Waals surface area contributed by atoms with Crippen LogP contribution in [0.25, 0.3) is 10.1 Å². The largest absolute Gasteiger partial charge is 0.480 e. The van der Waals surface area contributed by atoms with E-state index in [4.69, 9.17) is 33.4 Å². The lowest BCUT2D eigenvalue weighted by molar-refractivity contribution is -0.140. The zero-order valence-electron chi connectivity index (χ0n) is 9.89. The van der Waals surface area contributed by atoms with Crippen molar-refractivity contribution in [1.29, 1.82) is 0 Å². The van der Waals surface area contributed by atoms with Crippen molar-refractivity contribution < 1.29 is 19.8 Å². The molecule has 20 heavy (non-hydrogen) atoms. The summed E-state index contributed by atoms with van der Waals surface area (Å²) in [5.41, 5.74) is 0. The molecule has 1 aromatic heterocycles. The average Bonchev–Trinajstić information content (AvgIpc) is 2.72. The molecule has 8 heteroatoms. The highest BCUT2D eigenvalue weighted by molar-refractivity contribution is 7.21. The number of carbonyl (C=O) groups is 2. The first kappa shape index (κ1) is 15.1. The molecule has 2 rings (SSSR count). The maximum Gasteiger partial charge on any atom is 0.328 e. The molecule has 3 N–H and O–H groups in total. The first-order valence-electron chi connectivity index (χ1n) is 5.46. The lowest BCUT2D eigenvalue weighted by Crippen LogP contribution is -2.43. The Balaban J connectivity index is 2.35.